The van der Waals surface area contributed by atoms with Gasteiger partial charge < -0.3 is 15.5 Å². The van der Waals surface area contributed by atoms with E-state index in [1.165, 1.54) is 24.3 Å². The normalized spacial score (nSPS) is 14.1. The Morgan fingerprint density at radius 1 is 0.861 bits per heavy atom. The number of anilines is 2. The second kappa shape index (κ2) is 11.6. The smallest absolute Gasteiger partial charge is 0.257 e. The van der Waals surface area contributed by atoms with Gasteiger partial charge in [-0.15, -0.1) is 0 Å². The van der Waals surface area contributed by atoms with Gasteiger partial charge >= 0.3 is 0 Å². The van der Waals surface area contributed by atoms with Crippen molar-refractivity contribution in [3.8, 4) is 0 Å². The molecule has 1 aliphatic rings. The number of hydrogen-bond donors (Lipinski definition) is 2. The minimum absolute atomic E-state index is 0.00564. The molecule has 1 fully saturated rings. The van der Waals surface area contributed by atoms with Crippen LogP contribution in [0.25, 0.3) is 0 Å². The molecule has 0 spiro atoms. The summed E-state index contributed by atoms with van der Waals surface area (Å²) >= 11 is 0. The van der Waals surface area contributed by atoms with Gasteiger partial charge in [-0.2, -0.15) is 0 Å². The van der Waals surface area contributed by atoms with Crippen molar-refractivity contribution < 1.29 is 18.8 Å². The number of para-hydroxylation sites is 1. The third-order valence-corrected chi connectivity index (χ3v) is 6.06. The van der Waals surface area contributed by atoms with Gasteiger partial charge in [0.25, 0.3) is 11.8 Å². The maximum atomic E-state index is 13.1. The Hall–Kier alpha value is -4.04. The molecule has 1 saturated heterocycles. The van der Waals surface area contributed by atoms with Crippen molar-refractivity contribution in [2.45, 2.75) is 13.3 Å². The molecule has 0 aliphatic carbocycles. The van der Waals surface area contributed by atoms with Crippen molar-refractivity contribution in [2.75, 3.05) is 43.4 Å². The SMILES string of the molecule is Cc1cccc(C(=O)N2CCCN(CC(=O)Nc3ccccc3C(=O)Nc3ccc(F)cc3)CC2)c1. The van der Waals surface area contributed by atoms with E-state index in [2.05, 4.69) is 10.6 Å². The van der Waals surface area contributed by atoms with E-state index in [0.29, 0.717) is 48.7 Å². The highest BCUT2D eigenvalue weighted by molar-refractivity contribution is 6.10. The maximum Gasteiger partial charge on any atom is 0.257 e. The fraction of sp³-hybridized carbons (Fsp3) is 0.250. The number of rotatable bonds is 6. The summed E-state index contributed by atoms with van der Waals surface area (Å²) in [4.78, 5) is 42.3. The Balaban J connectivity index is 1.34. The van der Waals surface area contributed by atoms with Crippen LogP contribution in [0.2, 0.25) is 0 Å². The first-order chi connectivity index (χ1) is 17.4. The van der Waals surface area contributed by atoms with Gasteiger partial charge in [0.15, 0.2) is 0 Å². The van der Waals surface area contributed by atoms with Gasteiger partial charge in [-0.1, -0.05) is 29.8 Å². The number of benzene rings is 3. The molecule has 0 bridgehead atoms. The summed E-state index contributed by atoms with van der Waals surface area (Å²) in [5, 5.41) is 5.55. The Bertz CT molecular complexity index is 1250. The Labute approximate surface area is 209 Å². The van der Waals surface area contributed by atoms with E-state index in [-0.39, 0.29) is 18.4 Å². The summed E-state index contributed by atoms with van der Waals surface area (Å²) in [7, 11) is 0. The van der Waals surface area contributed by atoms with Crippen LogP contribution in [0.1, 0.15) is 32.7 Å². The molecular formula is C28H29FN4O3. The van der Waals surface area contributed by atoms with Gasteiger partial charge in [0, 0.05) is 37.4 Å². The first-order valence-corrected chi connectivity index (χ1v) is 11.9. The van der Waals surface area contributed by atoms with Gasteiger partial charge in [0.1, 0.15) is 5.82 Å². The monoisotopic (exact) mass is 488 g/mol. The van der Waals surface area contributed by atoms with Crippen LogP contribution in [0.3, 0.4) is 0 Å². The molecule has 8 heteroatoms. The van der Waals surface area contributed by atoms with Crippen molar-refractivity contribution in [2.24, 2.45) is 0 Å². The van der Waals surface area contributed by atoms with Crippen LogP contribution < -0.4 is 10.6 Å². The van der Waals surface area contributed by atoms with Crippen LogP contribution in [-0.4, -0.2) is 60.2 Å². The summed E-state index contributed by atoms with van der Waals surface area (Å²) in [6.07, 6.45) is 0.765. The predicted octanol–water partition coefficient (Wildman–Crippen LogP) is 4.17. The quantitative estimate of drug-likeness (QED) is 0.546. The molecule has 0 aromatic heterocycles. The lowest BCUT2D eigenvalue weighted by atomic mass is 10.1. The van der Waals surface area contributed by atoms with Crippen molar-refractivity contribution >= 4 is 29.1 Å². The molecule has 3 amide bonds. The number of amides is 3. The molecule has 1 aliphatic heterocycles. The average molecular weight is 489 g/mol. The second-order valence-corrected chi connectivity index (χ2v) is 8.85. The van der Waals surface area contributed by atoms with E-state index in [9.17, 15) is 18.8 Å². The molecular weight excluding hydrogens is 459 g/mol. The molecule has 4 rings (SSSR count). The zero-order valence-electron chi connectivity index (χ0n) is 20.2. The second-order valence-electron chi connectivity index (χ2n) is 8.85. The number of nitrogens with one attached hydrogen (secondary N) is 2. The number of carbonyl (C=O) groups is 3. The minimum Gasteiger partial charge on any atom is -0.337 e. The molecule has 0 radical (unpaired) electrons. The summed E-state index contributed by atoms with van der Waals surface area (Å²) in [6.45, 7) is 4.56. The number of halogens is 1. The summed E-state index contributed by atoms with van der Waals surface area (Å²) in [5.41, 5.74) is 2.88. The van der Waals surface area contributed by atoms with Crippen LogP contribution in [0, 0.1) is 12.7 Å². The van der Waals surface area contributed by atoms with Crippen molar-refractivity contribution in [3.05, 3.63) is 95.3 Å². The average Bonchev–Trinajstić information content (AvgIpc) is 3.10. The molecule has 0 unspecified atom stereocenters. The van der Waals surface area contributed by atoms with Crippen molar-refractivity contribution in [1.29, 1.82) is 0 Å². The molecule has 2 N–H and O–H groups in total. The van der Waals surface area contributed by atoms with Gasteiger partial charge in [-0.05, 0) is 61.9 Å². The topological polar surface area (TPSA) is 81.8 Å². The van der Waals surface area contributed by atoms with E-state index < -0.39 is 11.7 Å². The summed E-state index contributed by atoms with van der Waals surface area (Å²) in [6, 6.07) is 19.8. The third-order valence-electron chi connectivity index (χ3n) is 6.06. The number of nitrogens with zero attached hydrogens (tertiary/aromatic N) is 2. The van der Waals surface area contributed by atoms with Gasteiger partial charge in [0.2, 0.25) is 5.91 Å². The van der Waals surface area contributed by atoms with Gasteiger partial charge in [-0.25, -0.2) is 4.39 Å². The highest BCUT2D eigenvalue weighted by Gasteiger charge is 2.22. The molecule has 7 nitrogen and oxygen atoms in total. The molecule has 0 atom stereocenters. The van der Waals surface area contributed by atoms with E-state index in [0.717, 1.165) is 12.0 Å². The standard InChI is InChI=1S/C28H29FN4O3/c1-20-6-4-7-21(18-20)28(36)33-15-5-14-32(16-17-33)19-26(34)31-25-9-3-2-8-24(25)27(35)30-23-12-10-22(29)11-13-23/h2-4,6-13,18H,5,14-17,19H2,1H3,(H,30,35)(H,31,34). The summed E-state index contributed by atoms with van der Waals surface area (Å²) in [5.74, 6) is -1.03. The van der Waals surface area contributed by atoms with Gasteiger partial charge in [-0.3, -0.25) is 19.3 Å². The van der Waals surface area contributed by atoms with Crippen LogP contribution in [0.15, 0.2) is 72.8 Å². The highest BCUT2D eigenvalue weighted by Crippen LogP contribution is 2.18. The maximum absolute atomic E-state index is 13.1. The van der Waals surface area contributed by atoms with E-state index in [1.54, 1.807) is 24.3 Å². The first-order valence-electron chi connectivity index (χ1n) is 11.9. The minimum atomic E-state index is -0.405. The fourth-order valence-corrected chi connectivity index (χ4v) is 4.21. The van der Waals surface area contributed by atoms with Crippen LogP contribution >= 0.6 is 0 Å². The molecule has 186 valence electrons. The number of hydrogen-bond acceptors (Lipinski definition) is 4. The molecule has 36 heavy (non-hydrogen) atoms. The van der Waals surface area contributed by atoms with E-state index >= 15 is 0 Å². The zero-order valence-corrected chi connectivity index (χ0v) is 20.2. The fourth-order valence-electron chi connectivity index (χ4n) is 4.21. The third kappa shape index (κ3) is 6.55. The van der Waals surface area contributed by atoms with Crippen LogP contribution in [-0.2, 0) is 4.79 Å². The van der Waals surface area contributed by atoms with Crippen molar-refractivity contribution in [1.82, 2.24) is 9.80 Å². The first kappa shape index (κ1) is 25.1. The van der Waals surface area contributed by atoms with E-state index in [1.807, 2.05) is 41.0 Å². The summed E-state index contributed by atoms with van der Waals surface area (Å²) < 4.78 is 13.1. The van der Waals surface area contributed by atoms with Crippen LogP contribution in [0.4, 0.5) is 15.8 Å². The van der Waals surface area contributed by atoms with E-state index in [4.69, 9.17) is 0 Å². The lowest BCUT2D eigenvalue weighted by molar-refractivity contribution is -0.117. The lowest BCUT2D eigenvalue weighted by Gasteiger charge is -2.22. The van der Waals surface area contributed by atoms with Crippen LogP contribution in [0.5, 0.6) is 0 Å². The Morgan fingerprint density at radius 3 is 2.42 bits per heavy atom. The number of aryl methyl sites for hydroxylation is 1. The highest BCUT2D eigenvalue weighted by atomic mass is 19.1. The molecule has 0 saturated carbocycles. The molecule has 3 aromatic rings. The number of carbonyl (C=O) groups excluding carboxylic acids is 3. The molecule has 3 aromatic carbocycles. The molecule has 1 heterocycles. The Morgan fingerprint density at radius 2 is 1.64 bits per heavy atom. The van der Waals surface area contributed by atoms with Crippen molar-refractivity contribution in [3.63, 3.8) is 0 Å². The predicted molar refractivity (Wildman–Crippen MR) is 138 cm³/mol. The zero-order chi connectivity index (χ0) is 25.5. The lowest BCUT2D eigenvalue weighted by Crippen LogP contribution is -2.38. The largest absolute Gasteiger partial charge is 0.337 e. The van der Waals surface area contributed by atoms with Gasteiger partial charge in [0.05, 0.1) is 17.8 Å². The Kier molecular flexibility index (Phi) is 8.07.